The Morgan fingerprint density at radius 1 is 0.979 bits per heavy atom. The number of rotatable bonds is 13. The Balaban J connectivity index is 1.48. The van der Waals surface area contributed by atoms with E-state index in [4.69, 9.17) is 0 Å². The molecule has 2 heterocycles. The standard InChI is InChI=1S/C41H44FN5/c1-7-29(18-19-30-14-11-10-12-15-30)22-31(8-2)32(9-3)25-37-28(4)45-46-41(37)40-27-38-36(16-13-17-39(38)44-40)33-23-34(42)26-35(24-33)43-20-21-47(5)6/h7-17,22-27,43-45H,1,4,18-21H2,2-3,5-6H3/b29-22+,31-8+,32-9+,37-25+. The number of hydrogen-bond donors (Lipinski definition) is 3. The van der Waals surface area contributed by atoms with Crippen LogP contribution in [-0.4, -0.2) is 47.3 Å². The molecule has 0 amide bonds. The molecule has 0 unspecified atom stereocenters. The molecule has 5 aromatic rings. The Kier molecular flexibility index (Phi) is 10.9. The minimum atomic E-state index is -0.277. The fourth-order valence-corrected chi connectivity index (χ4v) is 5.74. The van der Waals surface area contributed by atoms with Gasteiger partial charge in [0, 0.05) is 34.9 Å². The Morgan fingerprint density at radius 2 is 1.77 bits per heavy atom. The first-order valence-electron chi connectivity index (χ1n) is 16.1. The predicted molar refractivity (Wildman–Crippen MR) is 198 cm³/mol. The molecule has 6 heteroatoms. The van der Waals surface area contributed by atoms with Crippen molar-refractivity contribution in [1.82, 2.24) is 20.1 Å². The fraction of sp³-hybridized carbons (Fsp3) is 0.195. The molecule has 0 bridgehead atoms. The minimum Gasteiger partial charge on any atom is -0.384 e. The second kappa shape index (κ2) is 15.4. The topological polar surface area (TPSA) is 59.7 Å². The zero-order valence-corrected chi connectivity index (χ0v) is 27.8. The Morgan fingerprint density at radius 3 is 2.49 bits per heavy atom. The first-order valence-corrected chi connectivity index (χ1v) is 16.1. The number of nitrogens with one attached hydrogen (secondary N) is 3. The lowest BCUT2D eigenvalue weighted by molar-refractivity contribution is 0.425. The number of nitrogens with zero attached hydrogens (tertiary/aromatic N) is 2. The molecular formula is C41H44FN5. The van der Waals surface area contributed by atoms with Gasteiger partial charge in [-0.15, -0.1) is 0 Å². The van der Waals surface area contributed by atoms with E-state index in [9.17, 15) is 4.39 Å². The van der Waals surface area contributed by atoms with Crippen LogP contribution in [0.2, 0.25) is 0 Å². The fourth-order valence-electron chi connectivity index (χ4n) is 5.74. The van der Waals surface area contributed by atoms with Gasteiger partial charge in [0.25, 0.3) is 0 Å². The van der Waals surface area contributed by atoms with Crippen molar-refractivity contribution in [2.45, 2.75) is 26.7 Å². The molecule has 0 aliphatic rings. The van der Waals surface area contributed by atoms with Crippen LogP contribution in [0.4, 0.5) is 10.1 Å². The van der Waals surface area contributed by atoms with Gasteiger partial charge in [-0.2, -0.15) is 5.10 Å². The summed E-state index contributed by atoms with van der Waals surface area (Å²) < 4.78 is 14.8. The van der Waals surface area contributed by atoms with E-state index < -0.39 is 0 Å². The van der Waals surface area contributed by atoms with Crippen molar-refractivity contribution in [1.29, 1.82) is 0 Å². The molecule has 0 radical (unpaired) electrons. The summed E-state index contributed by atoms with van der Waals surface area (Å²) >= 11 is 0. The smallest absolute Gasteiger partial charge is 0.125 e. The monoisotopic (exact) mass is 625 g/mol. The SMILES string of the molecule is C=C\C(=C/C(=C\C)C(/C=c1/c(-c2cc3c(-c4cc(F)cc(NCCN(C)C)c4)cccc3[nH]2)n[nH]c1=C)=C/C)CCc1ccccc1. The maximum atomic E-state index is 14.8. The summed E-state index contributed by atoms with van der Waals surface area (Å²) in [5, 5.41) is 13.7. The van der Waals surface area contributed by atoms with Crippen LogP contribution in [0.15, 0.2) is 120 Å². The number of H-pyrrole nitrogens is 2. The van der Waals surface area contributed by atoms with Crippen LogP contribution < -0.4 is 15.9 Å². The summed E-state index contributed by atoms with van der Waals surface area (Å²) in [7, 11) is 4.04. The average molecular weight is 626 g/mol. The van der Waals surface area contributed by atoms with E-state index in [1.54, 1.807) is 6.07 Å². The third kappa shape index (κ3) is 8.15. The van der Waals surface area contributed by atoms with Crippen LogP contribution in [0.5, 0.6) is 0 Å². The number of hydrogen-bond acceptors (Lipinski definition) is 3. The molecule has 0 fully saturated rings. The van der Waals surface area contributed by atoms with Gasteiger partial charge < -0.3 is 15.2 Å². The Bertz CT molecular complexity index is 2060. The summed E-state index contributed by atoms with van der Waals surface area (Å²) in [6.07, 6.45) is 12.4. The lowest BCUT2D eigenvalue weighted by Crippen LogP contribution is -2.22. The molecule has 0 saturated carbocycles. The number of aromatic amines is 2. The maximum absolute atomic E-state index is 14.8. The van der Waals surface area contributed by atoms with Crippen LogP contribution >= 0.6 is 0 Å². The molecule has 0 atom stereocenters. The molecule has 240 valence electrons. The molecule has 2 aromatic heterocycles. The molecule has 3 N–H and O–H groups in total. The molecule has 5 rings (SSSR count). The van der Waals surface area contributed by atoms with Crippen LogP contribution in [0.1, 0.15) is 25.8 Å². The van der Waals surface area contributed by atoms with Crippen LogP contribution in [-0.2, 0) is 6.42 Å². The van der Waals surface area contributed by atoms with E-state index in [1.807, 2.05) is 57.4 Å². The van der Waals surface area contributed by atoms with Gasteiger partial charge in [0.15, 0.2) is 0 Å². The zero-order valence-electron chi connectivity index (χ0n) is 27.8. The highest BCUT2D eigenvalue weighted by Crippen LogP contribution is 2.33. The van der Waals surface area contributed by atoms with Crippen LogP contribution in [0.3, 0.4) is 0 Å². The van der Waals surface area contributed by atoms with Gasteiger partial charge in [0.1, 0.15) is 11.5 Å². The van der Waals surface area contributed by atoms with Gasteiger partial charge in [-0.05, 0) is 111 Å². The number of anilines is 1. The quantitative estimate of drug-likeness (QED) is 0.116. The van der Waals surface area contributed by atoms with E-state index >= 15 is 0 Å². The number of fused-ring (bicyclic) bond motifs is 1. The first kappa shape index (κ1) is 33.2. The van der Waals surface area contributed by atoms with Gasteiger partial charge in [-0.3, -0.25) is 5.10 Å². The van der Waals surface area contributed by atoms with Crippen molar-refractivity contribution < 1.29 is 4.39 Å². The Labute approximate surface area is 277 Å². The molecule has 47 heavy (non-hydrogen) atoms. The highest BCUT2D eigenvalue weighted by atomic mass is 19.1. The van der Waals surface area contributed by atoms with Crippen molar-refractivity contribution in [3.05, 3.63) is 142 Å². The number of aromatic nitrogens is 3. The summed E-state index contributed by atoms with van der Waals surface area (Å²) in [6.45, 7) is 14.0. The van der Waals surface area contributed by atoms with Crippen molar-refractivity contribution >= 4 is 29.2 Å². The maximum Gasteiger partial charge on any atom is 0.125 e. The van der Waals surface area contributed by atoms with Crippen molar-refractivity contribution in [2.24, 2.45) is 0 Å². The van der Waals surface area contributed by atoms with Crippen LogP contribution in [0, 0.1) is 5.82 Å². The first-order chi connectivity index (χ1) is 22.8. The van der Waals surface area contributed by atoms with Gasteiger partial charge in [-0.25, -0.2) is 4.39 Å². The van der Waals surface area contributed by atoms with Gasteiger partial charge in [0.2, 0.25) is 0 Å². The average Bonchev–Trinajstić information content (AvgIpc) is 3.67. The minimum absolute atomic E-state index is 0.277. The van der Waals surface area contributed by atoms with E-state index in [0.29, 0.717) is 0 Å². The molecule has 0 spiro atoms. The molecule has 5 nitrogen and oxygen atoms in total. The third-order valence-corrected chi connectivity index (χ3v) is 8.30. The zero-order chi connectivity index (χ0) is 33.3. The molecular weight excluding hydrogens is 581 g/mol. The molecule has 3 aromatic carbocycles. The van der Waals surface area contributed by atoms with Crippen molar-refractivity contribution in [2.75, 3.05) is 32.5 Å². The number of benzene rings is 3. The van der Waals surface area contributed by atoms with Crippen LogP contribution in [0.25, 0.3) is 46.1 Å². The summed E-state index contributed by atoms with van der Waals surface area (Å²) in [6, 6.07) is 23.8. The number of allylic oxidation sites excluding steroid dienone is 7. The lowest BCUT2D eigenvalue weighted by Gasteiger charge is -2.13. The summed E-state index contributed by atoms with van der Waals surface area (Å²) in [4.78, 5) is 5.65. The third-order valence-electron chi connectivity index (χ3n) is 8.30. The normalized spacial score (nSPS) is 13.1. The largest absolute Gasteiger partial charge is 0.384 e. The van der Waals surface area contributed by atoms with Gasteiger partial charge in [0.05, 0.1) is 11.0 Å². The summed E-state index contributed by atoms with van der Waals surface area (Å²) in [5.74, 6) is -0.277. The second-order valence-corrected chi connectivity index (χ2v) is 11.9. The van der Waals surface area contributed by atoms with E-state index in [1.165, 1.54) is 17.2 Å². The van der Waals surface area contributed by atoms with Crippen molar-refractivity contribution in [3.63, 3.8) is 0 Å². The number of likely N-dealkylation sites (N-methyl/N-ethyl adjacent to an activating group) is 1. The molecule has 0 aliphatic carbocycles. The van der Waals surface area contributed by atoms with E-state index in [-0.39, 0.29) is 5.82 Å². The lowest BCUT2D eigenvalue weighted by atomic mass is 9.97. The Hall–Kier alpha value is -5.20. The molecule has 0 aliphatic heterocycles. The van der Waals surface area contributed by atoms with Gasteiger partial charge in [-0.1, -0.05) is 79.9 Å². The highest BCUT2D eigenvalue weighted by Gasteiger charge is 2.14. The molecule has 0 saturated heterocycles. The number of aryl methyl sites for hydroxylation is 1. The van der Waals surface area contributed by atoms with E-state index in [0.717, 1.165) is 86.8 Å². The van der Waals surface area contributed by atoms with Crippen molar-refractivity contribution in [3.8, 4) is 22.5 Å². The van der Waals surface area contributed by atoms with Gasteiger partial charge >= 0.3 is 0 Å². The predicted octanol–water partition coefficient (Wildman–Crippen LogP) is 8.17. The number of halogens is 1. The van der Waals surface area contributed by atoms with E-state index in [2.05, 4.69) is 100 Å². The summed E-state index contributed by atoms with van der Waals surface area (Å²) in [5.41, 5.74) is 9.72. The second-order valence-electron chi connectivity index (χ2n) is 11.9. The highest BCUT2D eigenvalue weighted by molar-refractivity contribution is 5.98.